The summed E-state index contributed by atoms with van der Waals surface area (Å²) in [6, 6.07) is 8.56. The topological polar surface area (TPSA) is 55.8 Å². The fourth-order valence-electron chi connectivity index (χ4n) is 2.71. The van der Waals surface area contributed by atoms with Gasteiger partial charge in [-0.1, -0.05) is 41.9 Å². The maximum absolute atomic E-state index is 12.8. The number of methoxy groups -OCH3 is 1. The molecule has 3 rings (SSSR count). The Morgan fingerprint density at radius 2 is 2.00 bits per heavy atom. The predicted octanol–water partition coefficient (Wildman–Crippen LogP) is 6.41. The standard InChI is InChI=1S/C21H16Cl2INO4S/c1-3-6-29-19-16(24)7-12(8-17(19)28-2)9-18-20(26)25(21(27)30-18)11-13-4-5-14(22)10-15(13)23/h3-5,7-10H,1,6,11H2,2H3/b18-9-. The number of rotatable bonds is 7. The Balaban J connectivity index is 1.86. The van der Waals surface area contributed by atoms with Gasteiger partial charge < -0.3 is 9.47 Å². The number of benzene rings is 2. The molecule has 1 aliphatic heterocycles. The van der Waals surface area contributed by atoms with Crippen LogP contribution in [0.2, 0.25) is 10.0 Å². The monoisotopic (exact) mass is 575 g/mol. The molecule has 2 amide bonds. The van der Waals surface area contributed by atoms with Crippen molar-refractivity contribution in [2.24, 2.45) is 0 Å². The molecule has 30 heavy (non-hydrogen) atoms. The third kappa shape index (κ3) is 5.14. The van der Waals surface area contributed by atoms with Crippen molar-refractivity contribution in [3.63, 3.8) is 0 Å². The van der Waals surface area contributed by atoms with Crippen LogP contribution in [0, 0.1) is 3.57 Å². The van der Waals surface area contributed by atoms with Gasteiger partial charge in [-0.15, -0.1) is 0 Å². The smallest absolute Gasteiger partial charge is 0.293 e. The minimum absolute atomic E-state index is 0.0766. The number of amides is 2. The van der Waals surface area contributed by atoms with E-state index >= 15 is 0 Å². The third-order valence-corrected chi connectivity index (χ3v) is 6.41. The van der Waals surface area contributed by atoms with Crippen LogP contribution in [0.5, 0.6) is 11.5 Å². The number of halogens is 3. The van der Waals surface area contributed by atoms with Gasteiger partial charge in [0, 0.05) is 10.0 Å². The Labute approximate surface area is 202 Å². The lowest BCUT2D eigenvalue weighted by Crippen LogP contribution is -2.27. The SMILES string of the molecule is C=CCOc1c(I)cc(/C=C2\SC(=O)N(Cc3ccc(Cl)cc3Cl)C2=O)cc1OC. The maximum atomic E-state index is 12.8. The molecule has 0 bridgehead atoms. The normalized spacial score (nSPS) is 15.1. The molecule has 0 atom stereocenters. The van der Waals surface area contributed by atoms with E-state index in [9.17, 15) is 9.59 Å². The molecule has 0 aromatic heterocycles. The molecule has 2 aromatic carbocycles. The van der Waals surface area contributed by atoms with Crippen molar-refractivity contribution in [2.75, 3.05) is 13.7 Å². The summed E-state index contributed by atoms with van der Waals surface area (Å²) in [5.41, 5.74) is 1.36. The van der Waals surface area contributed by atoms with Gasteiger partial charge >= 0.3 is 0 Å². The maximum Gasteiger partial charge on any atom is 0.293 e. The van der Waals surface area contributed by atoms with Crippen molar-refractivity contribution in [3.05, 3.63) is 72.6 Å². The molecule has 0 aliphatic carbocycles. The summed E-state index contributed by atoms with van der Waals surface area (Å²) >= 11 is 15.1. The Kier molecular flexibility index (Phi) is 7.73. The number of ether oxygens (including phenoxy) is 2. The van der Waals surface area contributed by atoms with Crippen LogP contribution in [0.3, 0.4) is 0 Å². The molecular formula is C21H16Cl2INO4S. The van der Waals surface area contributed by atoms with Crippen LogP contribution >= 0.6 is 57.6 Å². The van der Waals surface area contributed by atoms with Crippen LogP contribution in [0.15, 0.2) is 47.9 Å². The van der Waals surface area contributed by atoms with Crippen molar-refractivity contribution in [2.45, 2.75) is 6.54 Å². The average Bonchev–Trinajstić information content (AvgIpc) is 2.96. The second kappa shape index (κ2) is 10.1. The van der Waals surface area contributed by atoms with E-state index in [2.05, 4.69) is 29.2 Å². The second-order valence-electron chi connectivity index (χ2n) is 6.14. The first-order valence-corrected chi connectivity index (χ1v) is 11.3. The van der Waals surface area contributed by atoms with E-state index in [4.69, 9.17) is 32.7 Å². The molecule has 1 fully saturated rings. The molecule has 156 valence electrons. The van der Waals surface area contributed by atoms with Crippen molar-refractivity contribution >= 4 is 74.8 Å². The second-order valence-corrected chi connectivity index (χ2v) is 9.14. The van der Waals surface area contributed by atoms with Crippen molar-refractivity contribution in [1.82, 2.24) is 4.90 Å². The van der Waals surface area contributed by atoms with E-state index in [1.54, 1.807) is 43.5 Å². The van der Waals surface area contributed by atoms with Gasteiger partial charge in [0.05, 0.1) is 22.1 Å². The lowest BCUT2D eigenvalue weighted by atomic mass is 10.1. The number of hydrogen-bond donors (Lipinski definition) is 0. The van der Waals surface area contributed by atoms with Gasteiger partial charge in [-0.25, -0.2) is 0 Å². The summed E-state index contributed by atoms with van der Waals surface area (Å²) in [7, 11) is 1.54. The summed E-state index contributed by atoms with van der Waals surface area (Å²) in [5.74, 6) is 0.750. The van der Waals surface area contributed by atoms with Crippen LogP contribution in [-0.2, 0) is 11.3 Å². The molecule has 0 saturated carbocycles. The first-order valence-electron chi connectivity index (χ1n) is 8.64. The number of hydrogen-bond acceptors (Lipinski definition) is 5. The predicted molar refractivity (Wildman–Crippen MR) is 129 cm³/mol. The quantitative estimate of drug-likeness (QED) is 0.217. The van der Waals surface area contributed by atoms with Crippen LogP contribution in [0.1, 0.15) is 11.1 Å². The van der Waals surface area contributed by atoms with E-state index in [-0.39, 0.29) is 17.7 Å². The minimum atomic E-state index is -0.378. The van der Waals surface area contributed by atoms with Crippen LogP contribution in [0.25, 0.3) is 6.08 Å². The van der Waals surface area contributed by atoms with Crippen LogP contribution in [0.4, 0.5) is 4.79 Å². The average molecular weight is 576 g/mol. The highest BCUT2D eigenvalue weighted by atomic mass is 127. The number of thioether (sulfide) groups is 1. The van der Waals surface area contributed by atoms with E-state index in [0.29, 0.717) is 38.6 Å². The summed E-state index contributed by atoms with van der Waals surface area (Å²) in [6.45, 7) is 4.06. The Bertz CT molecular complexity index is 1060. The minimum Gasteiger partial charge on any atom is -0.493 e. The van der Waals surface area contributed by atoms with Gasteiger partial charge in [-0.3, -0.25) is 14.5 Å². The molecule has 5 nitrogen and oxygen atoms in total. The zero-order chi connectivity index (χ0) is 21.8. The Morgan fingerprint density at radius 1 is 1.23 bits per heavy atom. The number of nitrogens with zero attached hydrogens (tertiary/aromatic N) is 1. The first-order chi connectivity index (χ1) is 14.3. The van der Waals surface area contributed by atoms with Crippen molar-refractivity contribution in [1.29, 1.82) is 0 Å². The fourth-order valence-corrected chi connectivity index (χ4v) is 4.80. The fraction of sp³-hybridized carbons (Fsp3) is 0.143. The summed E-state index contributed by atoms with van der Waals surface area (Å²) in [6.07, 6.45) is 3.31. The van der Waals surface area contributed by atoms with Crippen molar-refractivity contribution < 1.29 is 19.1 Å². The van der Waals surface area contributed by atoms with Gasteiger partial charge in [-0.2, -0.15) is 0 Å². The molecule has 0 spiro atoms. The largest absolute Gasteiger partial charge is 0.493 e. The van der Waals surface area contributed by atoms with Gasteiger partial charge in [0.15, 0.2) is 11.5 Å². The molecule has 0 radical (unpaired) electrons. The molecule has 1 aliphatic rings. The molecule has 1 saturated heterocycles. The number of imide groups is 1. The van der Waals surface area contributed by atoms with E-state index in [1.807, 2.05) is 6.07 Å². The van der Waals surface area contributed by atoms with E-state index in [0.717, 1.165) is 25.8 Å². The Hall–Kier alpha value is -1.68. The van der Waals surface area contributed by atoms with Crippen LogP contribution in [-0.4, -0.2) is 29.8 Å². The van der Waals surface area contributed by atoms with Gasteiger partial charge in [0.2, 0.25) is 0 Å². The van der Waals surface area contributed by atoms with E-state index in [1.165, 1.54) is 0 Å². The highest BCUT2D eigenvalue weighted by Gasteiger charge is 2.35. The molecule has 0 N–H and O–H groups in total. The molecular weight excluding hydrogens is 560 g/mol. The van der Waals surface area contributed by atoms with Gasteiger partial charge in [0.25, 0.3) is 11.1 Å². The molecule has 9 heteroatoms. The number of carbonyl (C=O) groups is 2. The Morgan fingerprint density at radius 3 is 2.67 bits per heavy atom. The molecule has 2 aromatic rings. The van der Waals surface area contributed by atoms with Gasteiger partial charge in [0.1, 0.15) is 6.61 Å². The molecule has 1 heterocycles. The zero-order valence-corrected chi connectivity index (χ0v) is 20.3. The number of carbonyl (C=O) groups excluding carboxylic acids is 2. The lowest BCUT2D eigenvalue weighted by molar-refractivity contribution is -0.123. The highest BCUT2D eigenvalue weighted by molar-refractivity contribution is 14.1. The van der Waals surface area contributed by atoms with E-state index < -0.39 is 0 Å². The lowest BCUT2D eigenvalue weighted by Gasteiger charge is -2.14. The first kappa shape index (κ1) is 23.0. The summed E-state index contributed by atoms with van der Waals surface area (Å²) in [5, 5.41) is 0.534. The highest BCUT2D eigenvalue weighted by Crippen LogP contribution is 2.38. The summed E-state index contributed by atoms with van der Waals surface area (Å²) < 4.78 is 11.9. The molecule has 0 unspecified atom stereocenters. The van der Waals surface area contributed by atoms with Crippen LogP contribution < -0.4 is 9.47 Å². The van der Waals surface area contributed by atoms with Gasteiger partial charge in [-0.05, 0) is 75.8 Å². The third-order valence-electron chi connectivity index (χ3n) is 4.11. The zero-order valence-electron chi connectivity index (χ0n) is 15.8. The van der Waals surface area contributed by atoms with Crippen molar-refractivity contribution in [3.8, 4) is 11.5 Å². The summed E-state index contributed by atoms with van der Waals surface area (Å²) in [4.78, 5) is 26.7.